The van der Waals surface area contributed by atoms with Gasteiger partial charge in [-0.1, -0.05) is 12.8 Å². The second-order valence-corrected chi connectivity index (χ2v) is 21.6. The van der Waals surface area contributed by atoms with Gasteiger partial charge in [0, 0.05) is 73.8 Å². The molecule has 14 nitrogen and oxygen atoms in total. The lowest BCUT2D eigenvalue weighted by atomic mass is 9.63. The van der Waals surface area contributed by atoms with Crippen LogP contribution in [0.3, 0.4) is 0 Å². The zero-order valence-corrected chi connectivity index (χ0v) is 38.6. The van der Waals surface area contributed by atoms with Crippen molar-refractivity contribution in [3.05, 3.63) is 53.5 Å². The van der Waals surface area contributed by atoms with Crippen LogP contribution in [0.25, 0.3) is 0 Å². The van der Waals surface area contributed by atoms with E-state index >= 15 is 4.39 Å². The smallest absolute Gasteiger partial charge is 0.249 e. The van der Waals surface area contributed by atoms with Crippen molar-refractivity contribution in [2.45, 2.75) is 125 Å². The maximum absolute atomic E-state index is 16.3. The van der Waals surface area contributed by atoms with Crippen LogP contribution in [0.1, 0.15) is 102 Å². The number of rotatable bonds is 12. The minimum absolute atomic E-state index is 0.0985. The molecule has 0 radical (unpaired) electrons. The number of benzene rings is 2. The van der Waals surface area contributed by atoms with E-state index in [9.17, 15) is 23.4 Å². The van der Waals surface area contributed by atoms with Crippen LogP contribution in [0.15, 0.2) is 41.4 Å². The van der Waals surface area contributed by atoms with Gasteiger partial charge < -0.3 is 24.9 Å². The Kier molecular flexibility index (Phi) is 12.1. The third kappa shape index (κ3) is 8.17. The predicted octanol–water partition coefficient (Wildman–Crippen LogP) is 6.34. The van der Waals surface area contributed by atoms with Gasteiger partial charge >= 0.3 is 0 Å². The molecule has 2 aliphatic carbocycles. The number of fused-ring (bicyclic) bond motifs is 1. The van der Waals surface area contributed by atoms with Gasteiger partial charge in [-0.25, -0.2) is 9.37 Å². The molecule has 2 atom stereocenters. The molecule has 3 saturated heterocycles. The third-order valence-electron chi connectivity index (χ3n) is 15.4. The molecule has 4 amide bonds. The van der Waals surface area contributed by atoms with Gasteiger partial charge in [-0.15, -0.1) is 0 Å². The number of piperidine rings is 3. The topological polar surface area (TPSA) is 151 Å². The van der Waals surface area contributed by atoms with Crippen LogP contribution >= 0.6 is 0 Å². The van der Waals surface area contributed by atoms with Gasteiger partial charge in [0.1, 0.15) is 17.5 Å². The van der Waals surface area contributed by atoms with Crippen molar-refractivity contribution in [3.8, 4) is 0 Å². The second-order valence-electron chi connectivity index (χ2n) is 19.9. The Labute approximate surface area is 378 Å². The summed E-state index contributed by atoms with van der Waals surface area (Å²) in [5.74, 6) is 0.534. The summed E-state index contributed by atoms with van der Waals surface area (Å²) in [4.78, 5) is 69.5. The standard InChI is InChI=1S/C48H62FN9O5S/c1-30-24-33(10-11-36(30)51-46-50-27-35-43(53-46)58(32-8-6-7-9-32)45(62)47(35,2)3)64(63)34-25-48(26-34)18-22-56(23-19-48)28-31-16-20-57(21-17-31)37-12-13-38(42(41(37)49)54(4)29-59)55(5)39-14-15-40(60)52-44(39)61/h10-13,24,27,29,31-32,34,39H,6-9,14-23,25-26,28H2,1-5H3,(H,50,51,53)(H,52,60,61). The number of hydrogen-bond donors (Lipinski definition) is 2. The van der Waals surface area contributed by atoms with E-state index < -0.39 is 34.0 Å². The van der Waals surface area contributed by atoms with Gasteiger partial charge in [0.05, 0.1) is 27.6 Å². The SMILES string of the molecule is Cc1cc(S(=O)C2CC3(CCN(CC4CCN(c5ccc(N(C)C6CCC(=O)NC6=O)c(N(C)C=O)c5F)CC4)CC3)C2)ccc1Nc1ncc2c(n1)N(C1CCCC1)C(=O)C2(C)C. The van der Waals surface area contributed by atoms with Gasteiger partial charge in [0.2, 0.25) is 30.1 Å². The van der Waals surface area contributed by atoms with Crippen molar-refractivity contribution in [3.63, 3.8) is 0 Å². The summed E-state index contributed by atoms with van der Waals surface area (Å²) < 4.78 is 30.2. The molecule has 2 N–H and O–H groups in total. The van der Waals surface area contributed by atoms with Crippen molar-refractivity contribution < 1.29 is 27.8 Å². The lowest BCUT2D eigenvalue weighted by molar-refractivity contribution is -0.134. The van der Waals surface area contributed by atoms with Gasteiger partial charge in [0.15, 0.2) is 5.82 Å². The summed E-state index contributed by atoms with van der Waals surface area (Å²) in [6.07, 6.45) is 13.2. The molecule has 6 aliphatic rings. The highest BCUT2D eigenvalue weighted by molar-refractivity contribution is 7.85. The molecular formula is C48H62FN9O5S. The van der Waals surface area contributed by atoms with E-state index in [1.54, 1.807) is 30.3 Å². The van der Waals surface area contributed by atoms with Crippen molar-refractivity contribution in [1.29, 1.82) is 0 Å². The lowest BCUT2D eigenvalue weighted by Gasteiger charge is -2.52. The number of imide groups is 1. The minimum atomic E-state index is -1.10. The molecule has 64 heavy (non-hydrogen) atoms. The summed E-state index contributed by atoms with van der Waals surface area (Å²) in [6.45, 7) is 10.4. The van der Waals surface area contributed by atoms with E-state index in [-0.39, 0.29) is 40.6 Å². The van der Waals surface area contributed by atoms with Crippen molar-refractivity contribution in [1.82, 2.24) is 20.2 Å². The monoisotopic (exact) mass is 895 g/mol. The quantitative estimate of drug-likeness (QED) is 0.155. The zero-order valence-electron chi connectivity index (χ0n) is 37.8. The fraction of sp³-hybridized carbons (Fsp3) is 0.583. The van der Waals surface area contributed by atoms with Crippen LogP contribution in [0, 0.1) is 24.1 Å². The van der Waals surface area contributed by atoms with Gasteiger partial charge in [-0.05, 0) is 139 Å². The Balaban J connectivity index is 0.752. The largest absolute Gasteiger partial charge is 0.369 e. The molecule has 5 fully saturated rings. The van der Waals surface area contributed by atoms with E-state index in [0.29, 0.717) is 49.2 Å². The maximum atomic E-state index is 16.3. The van der Waals surface area contributed by atoms with Gasteiger partial charge in [-0.2, -0.15) is 4.98 Å². The van der Waals surface area contributed by atoms with E-state index in [0.717, 1.165) is 111 Å². The molecule has 5 heterocycles. The molecule has 1 spiro atoms. The lowest BCUT2D eigenvalue weighted by Crippen LogP contribution is -2.51. The molecule has 2 aromatic carbocycles. The molecule has 4 aliphatic heterocycles. The van der Waals surface area contributed by atoms with Crippen LogP contribution in [-0.2, 0) is 35.4 Å². The molecule has 2 saturated carbocycles. The number of hydrogen-bond acceptors (Lipinski definition) is 11. The van der Waals surface area contributed by atoms with Crippen LogP contribution in [0.2, 0.25) is 0 Å². The zero-order chi connectivity index (χ0) is 45.1. The van der Waals surface area contributed by atoms with E-state index in [1.807, 2.05) is 43.9 Å². The van der Waals surface area contributed by atoms with E-state index in [4.69, 9.17) is 4.98 Å². The Bertz CT molecular complexity index is 2350. The highest BCUT2D eigenvalue weighted by Crippen LogP contribution is 2.52. The maximum Gasteiger partial charge on any atom is 0.249 e. The number of aryl methyl sites for hydroxylation is 1. The molecule has 1 aromatic heterocycles. The third-order valence-corrected chi connectivity index (χ3v) is 17.1. The van der Waals surface area contributed by atoms with Crippen LogP contribution in [-0.4, -0.2) is 107 Å². The fourth-order valence-electron chi connectivity index (χ4n) is 11.4. The Morgan fingerprint density at radius 2 is 1.70 bits per heavy atom. The summed E-state index contributed by atoms with van der Waals surface area (Å²) in [5, 5.41) is 5.90. The number of likely N-dealkylation sites (tertiary alicyclic amines) is 1. The van der Waals surface area contributed by atoms with Crippen LogP contribution in [0.4, 0.5) is 38.9 Å². The first kappa shape index (κ1) is 44.3. The van der Waals surface area contributed by atoms with E-state index in [2.05, 4.69) is 25.4 Å². The number of anilines is 6. The summed E-state index contributed by atoms with van der Waals surface area (Å²) in [6, 6.07) is 9.01. The number of nitrogens with one attached hydrogen (secondary N) is 2. The number of aromatic nitrogens is 2. The first-order chi connectivity index (χ1) is 30.7. The minimum Gasteiger partial charge on any atom is -0.369 e. The first-order valence-electron chi connectivity index (χ1n) is 23.2. The average Bonchev–Trinajstić information content (AvgIpc) is 3.87. The highest BCUT2D eigenvalue weighted by atomic mass is 32.2. The number of amides is 4. The molecular weight excluding hydrogens is 834 g/mol. The molecule has 3 aromatic rings. The second kappa shape index (κ2) is 17.4. The van der Waals surface area contributed by atoms with Crippen molar-refractivity contribution in [2.24, 2.45) is 11.3 Å². The number of carbonyl (C=O) groups excluding carboxylic acids is 4. The molecule has 342 valence electrons. The Hall–Kier alpha value is -4.96. The molecule has 9 rings (SSSR count). The highest BCUT2D eigenvalue weighted by Gasteiger charge is 2.50. The van der Waals surface area contributed by atoms with Gasteiger partial charge in [0.25, 0.3) is 0 Å². The number of nitrogens with zero attached hydrogens (tertiary/aromatic N) is 7. The molecule has 2 unspecified atom stereocenters. The predicted molar refractivity (Wildman–Crippen MR) is 247 cm³/mol. The summed E-state index contributed by atoms with van der Waals surface area (Å²) in [5.41, 5.74) is 3.29. The molecule has 16 heteroatoms. The number of halogens is 1. The summed E-state index contributed by atoms with van der Waals surface area (Å²) >= 11 is 0. The molecule has 0 bridgehead atoms. The normalized spacial score (nSPS) is 23.2. The van der Waals surface area contributed by atoms with Crippen molar-refractivity contribution in [2.75, 3.05) is 71.7 Å². The van der Waals surface area contributed by atoms with E-state index in [1.165, 1.54) is 11.9 Å². The average molecular weight is 896 g/mol. The number of carbonyl (C=O) groups is 4. The number of likely N-dealkylation sites (N-methyl/N-ethyl adjacent to an activating group) is 1. The van der Waals surface area contributed by atoms with Crippen LogP contribution < -0.4 is 30.2 Å². The van der Waals surface area contributed by atoms with Gasteiger partial charge in [-0.3, -0.25) is 33.6 Å². The Morgan fingerprint density at radius 1 is 0.984 bits per heavy atom. The summed E-state index contributed by atoms with van der Waals surface area (Å²) in [7, 11) is 2.10. The Morgan fingerprint density at radius 3 is 2.38 bits per heavy atom. The first-order valence-corrected chi connectivity index (χ1v) is 24.4. The van der Waals surface area contributed by atoms with Crippen LogP contribution in [0.5, 0.6) is 0 Å². The fourth-order valence-corrected chi connectivity index (χ4v) is 13.3. The van der Waals surface area contributed by atoms with Crippen molar-refractivity contribution >= 4 is 69.4 Å².